The van der Waals surface area contributed by atoms with Crippen molar-refractivity contribution in [1.82, 2.24) is 20.6 Å². The maximum absolute atomic E-state index is 14.9. The Hall–Kier alpha value is -5.06. The van der Waals surface area contributed by atoms with Gasteiger partial charge in [0.25, 0.3) is 18.8 Å². The van der Waals surface area contributed by atoms with Crippen molar-refractivity contribution in [2.45, 2.75) is 55.9 Å². The van der Waals surface area contributed by atoms with Crippen LogP contribution in [-0.2, 0) is 15.8 Å². The number of benzene rings is 2. The maximum Gasteiger partial charge on any atom is 0.424 e. The summed E-state index contributed by atoms with van der Waals surface area (Å²) in [6.45, 7) is -1.87. The van der Waals surface area contributed by atoms with Crippen LogP contribution in [0.2, 0.25) is 0 Å². The van der Waals surface area contributed by atoms with Crippen LogP contribution in [0.4, 0.5) is 35.1 Å². The summed E-state index contributed by atoms with van der Waals surface area (Å²) >= 11 is 0. The quantitative estimate of drug-likeness (QED) is 0.159. The Bertz CT molecular complexity index is 1990. The molecule has 2 amide bonds. The van der Waals surface area contributed by atoms with Gasteiger partial charge in [0.2, 0.25) is 11.5 Å². The number of amides is 2. The Morgan fingerprint density at radius 3 is 2.39 bits per heavy atom. The second-order valence-electron chi connectivity index (χ2n) is 12.4. The number of hydrogen-bond acceptors (Lipinski definition) is 7. The van der Waals surface area contributed by atoms with Crippen LogP contribution in [0.5, 0.6) is 11.5 Å². The van der Waals surface area contributed by atoms with E-state index in [2.05, 4.69) is 9.97 Å². The summed E-state index contributed by atoms with van der Waals surface area (Å²) < 4.78 is 123. The highest BCUT2D eigenvalue weighted by atomic mass is 19.4. The average molecular weight is 725 g/mol. The van der Waals surface area contributed by atoms with Gasteiger partial charge in [0.15, 0.2) is 0 Å². The molecular formula is C34H28F8N4O5. The van der Waals surface area contributed by atoms with E-state index in [1.807, 2.05) is 10.6 Å². The minimum Gasteiger partial charge on any atom is -0.489 e. The highest BCUT2D eigenvalue weighted by Gasteiger charge is 2.58. The molecule has 0 bridgehead atoms. The van der Waals surface area contributed by atoms with Crippen molar-refractivity contribution in [1.29, 1.82) is 0 Å². The summed E-state index contributed by atoms with van der Waals surface area (Å²) in [4.78, 5) is 34.6. The van der Waals surface area contributed by atoms with Crippen molar-refractivity contribution in [3.05, 3.63) is 82.9 Å². The normalized spacial score (nSPS) is 18.4. The Kier molecular flexibility index (Phi) is 9.29. The van der Waals surface area contributed by atoms with E-state index >= 15 is 0 Å². The van der Waals surface area contributed by atoms with Crippen molar-refractivity contribution < 1.29 is 59.3 Å². The van der Waals surface area contributed by atoms with E-state index in [0.717, 1.165) is 36.5 Å². The van der Waals surface area contributed by atoms with E-state index in [1.54, 1.807) is 0 Å². The van der Waals surface area contributed by atoms with Crippen LogP contribution < -0.4 is 20.1 Å². The molecule has 2 aromatic carbocycles. The van der Waals surface area contributed by atoms with Gasteiger partial charge in [-0.3, -0.25) is 14.6 Å². The van der Waals surface area contributed by atoms with Gasteiger partial charge in [0.1, 0.15) is 40.5 Å². The Balaban J connectivity index is 1.40. The van der Waals surface area contributed by atoms with E-state index < -0.39 is 78.6 Å². The zero-order valence-electron chi connectivity index (χ0n) is 26.5. The molecule has 51 heavy (non-hydrogen) atoms. The number of nitrogens with zero attached hydrogens (tertiary/aromatic N) is 2. The number of aliphatic hydroxyl groups is 1. The Morgan fingerprint density at radius 1 is 1.06 bits per heavy atom. The van der Waals surface area contributed by atoms with Gasteiger partial charge >= 0.3 is 6.18 Å². The molecule has 1 saturated carbocycles. The highest BCUT2D eigenvalue weighted by molar-refractivity contribution is 6.00. The van der Waals surface area contributed by atoms with E-state index in [9.17, 15) is 49.8 Å². The number of halogens is 8. The first-order valence-electron chi connectivity index (χ1n) is 15.5. The largest absolute Gasteiger partial charge is 0.489 e. The molecule has 1 fully saturated rings. The van der Waals surface area contributed by atoms with Crippen LogP contribution in [0.1, 0.15) is 53.4 Å². The molecule has 4 aromatic rings. The second-order valence-corrected chi connectivity index (χ2v) is 12.4. The van der Waals surface area contributed by atoms with Crippen LogP contribution >= 0.6 is 0 Å². The molecule has 1 aliphatic heterocycles. The minimum absolute atomic E-state index is 0.0245. The Morgan fingerprint density at radius 2 is 1.76 bits per heavy atom. The first-order valence-corrected chi connectivity index (χ1v) is 15.5. The third kappa shape index (κ3) is 6.98. The standard InChI is InChI=1S/C34H28F8N4O5/c1-32(31(48)44-13-25(36)37)15-50-28-22(32)11-24(46-27(28)16-2-4-20(35)5-3-16)33(49,34(40,41)42)14-45-30(47)18-8-17-9-19(29(38)39)12-43-26(17)23(10-18)51-21-6-7-21/h2-5,8-12,21,25,29,49H,6-7,13-15H2,1H3,(H,44,48)(H,45,47)/t32-,33?/m0/s1. The lowest BCUT2D eigenvalue weighted by atomic mass is 9.81. The Labute approximate surface area is 284 Å². The van der Waals surface area contributed by atoms with Gasteiger partial charge in [-0.15, -0.1) is 0 Å². The number of alkyl halides is 7. The van der Waals surface area contributed by atoms with Gasteiger partial charge in [0, 0.05) is 33.8 Å². The molecule has 2 atom stereocenters. The number of ether oxygens (including phenoxy) is 2. The predicted octanol–water partition coefficient (Wildman–Crippen LogP) is 6.13. The molecule has 2 aliphatic rings. The first kappa shape index (κ1) is 35.8. The fourth-order valence-corrected chi connectivity index (χ4v) is 5.54. The smallest absolute Gasteiger partial charge is 0.424 e. The predicted molar refractivity (Wildman–Crippen MR) is 164 cm³/mol. The minimum atomic E-state index is -5.53. The first-order chi connectivity index (χ1) is 24.0. The van der Waals surface area contributed by atoms with Gasteiger partial charge in [-0.1, -0.05) is 0 Å². The summed E-state index contributed by atoms with van der Waals surface area (Å²) in [5, 5.41) is 15.5. The summed E-state index contributed by atoms with van der Waals surface area (Å²) in [7, 11) is 0. The second kappa shape index (κ2) is 13.2. The lowest BCUT2D eigenvalue weighted by molar-refractivity contribution is -0.265. The number of nitrogens with one attached hydrogen (secondary N) is 2. The van der Waals surface area contributed by atoms with Gasteiger partial charge in [-0.05, 0) is 68.3 Å². The number of pyridine rings is 2. The van der Waals surface area contributed by atoms with Crippen LogP contribution in [0.25, 0.3) is 22.2 Å². The van der Waals surface area contributed by atoms with E-state index in [1.165, 1.54) is 25.1 Å². The molecule has 6 rings (SSSR count). The highest BCUT2D eigenvalue weighted by Crippen LogP contribution is 2.48. The molecule has 1 aliphatic carbocycles. The monoisotopic (exact) mass is 724 g/mol. The van der Waals surface area contributed by atoms with E-state index in [4.69, 9.17) is 9.47 Å². The van der Waals surface area contributed by atoms with Crippen LogP contribution in [-0.4, -0.2) is 65.3 Å². The fourth-order valence-electron chi connectivity index (χ4n) is 5.54. The maximum atomic E-state index is 14.9. The molecule has 2 aromatic heterocycles. The molecule has 9 nitrogen and oxygen atoms in total. The molecule has 270 valence electrons. The number of hydrogen-bond donors (Lipinski definition) is 3. The molecule has 17 heteroatoms. The van der Waals surface area contributed by atoms with Gasteiger partial charge < -0.3 is 25.2 Å². The number of fused-ring (bicyclic) bond motifs is 2. The number of rotatable bonds is 11. The van der Waals surface area contributed by atoms with Crippen molar-refractivity contribution >= 4 is 22.7 Å². The molecule has 0 spiro atoms. The topological polar surface area (TPSA) is 123 Å². The van der Waals surface area contributed by atoms with Crippen molar-refractivity contribution in [2.75, 3.05) is 19.7 Å². The summed E-state index contributed by atoms with van der Waals surface area (Å²) in [5.74, 6) is -3.02. The van der Waals surface area contributed by atoms with Gasteiger partial charge in [-0.2, -0.15) is 13.2 Å². The fraction of sp³-hybridized carbons (Fsp3) is 0.353. The number of aromatic nitrogens is 2. The van der Waals surface area contributed by atoms with Crippen LogP contribution in [0.3, 0.4) is 0 Å². The molecule has 3 N–H and O–H groups in total. The molecule has 0 saturated heterocycles. The average Bonchev–Trinajstić information content (AvgIpc) is 3.84. The molecule has 0 radical (unpaired) electrons. The van der Waals surface area contributed by atoms with Crippen molar-refractivity contribution in [2.24, 2.45) is 0 Å². The zero-order valence-corrected chi connectivity index (χ0v) is 26.5. The lowest BCUT2D eigenvalue weighted by Gasteiger charge is -2.31. The molecule has 1 unspecified atom stereocenters. The SMILES string of the molecule is C[C@]1(C(=O)NCC(F)F)COc2c1cc(C(O)(CNC(=O)c1cc(OC3CC3)c3ncc(C(F)F)cc3c1)C(F)(F)F)nc2-c1ccc(F)cc1. The van der Waals surface area contributed by atoms with Crippen molar-refractivity contribution in [3.63, 3.8) is 0 Å². The van der Waals surface area contributed by atoms with Crippen LogP contribution in [0, 0.1) is 5.82 Å². The third-order valence-corrected chi connectivity index (χ3v) is 8.61. The molecular weight excluding hydrogens is 696 g/mol. The summed E-state index contributed by atoms with van der Waals surface area (Å²) in [6.07, 6.45) is -9.31. The van der Waals surface area contributed by atoms with Crippen molar-refractivity contribution in [3.8, 4) is 22.8 Å². The van der Waals surface area contributed by atoms with E-state index in [0.29, 0.717) is 12.8 Å². The third-order valence-electron chi connectivity index (χ3n) is 8.61. The van der Waals surface area contributed by atoms with Crippen LogP contribution in [0.15, 0.2) is 54.7 Å². The summed E-state index contributed by atoms with van der Waals surface area (Å²) in [6, 6.07) is 8.45. The van der Waals surface area contributed by atoms with E-state index in [-0.39, 0.29) is 50.9 Å². The zero-order chi connectivity index (χ0) is 36.9. The lowest BCUT2D eigenvalue weighted by Crippen LogP contribution is -2.52. The summed E-state index contributed by atoms with van der Waals surface area (Å²) in [5.41, 5.74) is -8.06. The molecule has 3 heterocycles. The van der Waals surface area contributed by atoms with Gasteiger partial charge in [-0.25, -0.2) is 26.9 Å². The van der Waals surface area contributed by atoms with Gasteiger partial charge in [0.05, 0.1) is 24.9 Å². The number of carbonyl (C=O) groups excluding carboxylic acids is 2. The number of carbonyl (C=O) groups is 2.